The Hall–Kier alpha value is -0.910. The van der Waals surface area contributed by atoms with Gasteiger partial charge < -0.3 is 10.1 Å². The minimum absolute atomic E-state index is 0. The second kappa shape index (κ2) is 10.6. The van der Waals surface area contributed by atoms with Gasteiger partial charge in [-0.05, 0) is 24.1 Å². The first-order chi connectivity index (χ1) is 12.2. The van der Waals surface area contributed by atoms with Gasteiger partial charge in [-0.1, -0.05) is 12.1 Å². The zero-order valence-corrected chi connectivity index (χ0v) is 16.6. The van der Waals surface area contributed by atoms with Crippen molar-refractivity contribution in [2.24, 2.45) is 0 Å². The van der Waals surface area contributed by atoms with Crippen molar-refractivity contribution < 1.29 is 26.3 Å². The molecule has 1 aliphatic heterocycles. The molecule has 1 fully saturated rings. The zero-order valence-electron chi connectivity index (χ0n) is 15.0. The van der Waals surface area contributed by atoms with E-state index in [1.807, 2.05) is 0 Å². The Kier molecular flexibility index (Phi) is 9.46. The first kappa shape index (κ1) is 24.1. The summed E-state index contributed by atoms with van der Waals surface area (Å²) in [4.78, 5) is 1.20. The Labute approximate surface area is 163 Å². The van der Waals surface area contributed by atoms with E-state index < -0.39 is 28.8 Å². The van der Waals surface area contributed by atoms with Crippen LogP contribution in [0.3, 0.4) is 0 Å². The molecule has 0 radical (unpaired) electrons. The molecular formula is C16H25ClF3N3O3S. The van der Waals surface area contributed by atoms with E-state index in [1.54, 1.807) is 19.2 Å². The summed E-state index contributed by atoms with van der Waals surface area (Å²) in [5.74, 6) is 0. The normalized spacial score (nSPS) is 17.3. The van der Waals surface area contributed by atoms with Gasteiger partial charge in [-0.3, -0.25) is 4.90 Å². The van der Waals surface area contributed by atoms with Gasteiger partial charge in [0.25, 0.3) is 0 Å². The summed E-state index contributed by atoms with van der Waals surface area (Å²) in [6.07, 6.45) is -3.88. The summed E-state index contributed by atoms with van der Waals surface area (Å²) in [5.41, 5.74) is 0.889. The largest absolute Gasteiger partial charge is 0.405 e. The number of methoxy groups -OCH3 is 1. The number of benzene rings is 1. The fourth-order valence-electron chi connectivity index (χ4n) is 2.77. The van der Waals surface area contributed by atoms with Crippen molar-refractivity contribution in [2.45, 2.75) is 23.5 Å². The molecule has 0 amide bonds. The van der Waals surface area contributed by atoms with Crippen LogP contribution < -0.4 is 10.0 Å². The van der Waals surface area contributed by atoms with Crippen LogP contribution in [0.2, 0.25) is 0 Å². The molecule has 156 valence electrons. The second-order valence-electron chi connectivity index (χ2n) is 6.08. The number of halogens is 4. The second-order valence-corrected chi connectivity index (χ2v) is 7.85. The molecule has 27 heavy (non-hydrogen) atoms. The van der Waals surface area contributed by atoms with Gasteiger partial charge in [-0.15, -0.1) is 12.4 Å². The van der Waals surface area contributed by atoms with E-state index in [0.29, 0.717) is 26.1 Å². The van der Waals surface area contributed by atoms with Crippen molar-refractivity contribution in [1.29, 1.82) is 0 Å². The number of hydrogen-bond acceptors (Lipinski definition) is 5. The molecule has 1 saturated heterocycles. The lowest BCUT2D eigenvalue weighted by Crippen LogP contribution is -2.57. The highest BCUT2D eigenvalue weighted by Crippen LogP contribution is 2.25. The molecule has 11 heteroatoms. The Bertz CT molecular complexity index is 666. The van der Waals surface area contributed by atoms with Gasteiger partial charge in [0.2, 0.25) is 10.0 Å². The van der Waals surface area contributed by atoms with E-state index in [1.165, 1.54) is 17.0 Å². The third-order valence-corrected chi connectivity index (χ3v) is 5.70. The van der Waals surface area contributed by atoms with E-state index in [0.717, 1.165) is 5.56 Å². The highest BCUT2D eigenvalue weighted by Gasteiger charge is 2.44. The van der Waals surface area contributed by atoms with Crippen molar-refractivity contribution in [3.8, 4) is 0 Å². The molecule has 0 aromatic heterocycles. The highest BCUT2D eigenvalue weighted by atomic mass is 35.5. The van der Waals surface area contributed by atoms with Gasteiger partial charge in [0.1, 0.15) is 6.04 Å². The standard InChI is InChI=1S/C16H24F3N3O3S.ClH/c1-25-11-6-13-2-4-14(5-3-13)26(23,24)21-12-15(16(17,18)19)22-9-7-20-8-10-22;/h2-5,15,20-21H,6-12H2,1H3;1H. The molecule has 2 rings (SSSR count). The molecule has 0 bridgehead atoms. The third-order valence-electron chi connectivity index (χ3n) is 4.27. The first-order valence-corrected chi connectivity index (χ1v) is 9.81. The Morgan fingerprint density at radius 3 is 2.33 bits per heavy atom. The van der Waals surface area contributed by atoms with E-state index in [9.17, 15) is 21.6 Å². The number of alkyl halides is 3. The molecule has 0 aliphatic carbocycles. The summed E-state index contributed by atoms with van der Waals surface area (Å²) in [6.45, 7) is 1.13. The zero-order chi connectivity index (χ0) is 19.2. The first-order valence-electron chi connectivity index (χ1n) is 8.33. The maximum atomic E-state index is 13.3. The molecule has 1 aliphatic rings. The molecule has 1 unspecified atom stereocenters. The van der Waals surface area contributed by atoms with Crippen LogP contribution in [0.4, 0.5) is 13.2 Å². The van der Waals surface area contributed by atoms with Crippen molar-refractivity contribution in [3.63, 3.8) is 0 Å². The predicted octanol–water partition coefficient (Wildman–Crippen LogP) is 1.41. The molecule has 1 aromatic rings. The molecule has 1 aromatic carbocycles. The average molecular weight is 432 g/mol. The minimum Gasteiger partial charge on any atom is -0.384 e. The van der Waals surface area contributed by atoms with Crippen LogP contribution >= 0.6 is 12.4 Å². The van der Waals surface area contributed by atoms with Gasteiger partial charge in [-0.2, -0.15) is 13.2 Å². The number of sulfonamides is 1. The smallest absolute Gasteiger partial charge is 0.384 e. The van der Waals surface area contributed by atoms with E-state index >= 15 is 0 Å². The lowest BCUT2D eigenvalue weighted by atomic mass is 10.2. The predicted molar refractivity (Wildman–Crippen MR) is 98.7 cm³/mol. The van der Waals surface area contributed by atoms with Crippen LogP contribution in [0.5, 0.6) is 0 Å². The molecule has 1 heterocycles. The Morgan fingerprint density at radius 2 is 1.81 bits per heavy atom. The summed E-state index contributed by atoms with van der Waals surface area (Å²) in [6, 6.07) is 4.19. The fourth-order valence-corrected chi connectivity index (χ4v) is 3.81. The van der Waals surface area contributed by atoms with Crippen LogP contribution in [0.1, 0.15) is 5.56 Å². The number of ether oxygens (including phenoxy) is 1. The topological polar surface area (TPSA) is 70.7 Å². The van der Waals surface area contributed by atoms with Gasteiger partial charge >= 0.3 is 6.18 Å². The lowest BCUT2D eigenvalue weighted by molar-refractivity contribution is -0.182. The Morgan fingerprint density at radius 1 is 1.22 bits per heavy atom. The number of nitrogens with one attached hydrogen (secondary N) is 2. The summed E-state index contributed by atoms with van der Waals surface area (Å²) in [5, 5.41) is 2.98. The minimum atomic E-state index is -4.51. The SMILES string of the molecule is COCCc1ccc(S(=O)(=O)NCC(N2CCNCC2)C(F)(F)F)cc1.Cl. The Balaban J connectivity index is 0.00000364. The van der Waals surface area contributed by atoms with Gasteiger partial charge in [0.05, 0.1) is 11.5 Å². The van der Waals surface area contributed by atoms with Crippen molar-refractivity contribution in [2.75, 3.05) is 46.4 Å². The molecule has 0 spiro atoms. The molecular weight excluding hydrogens is 407 g/mol. The maximum absolute atomic E-state index is 13.3. The van der Waals surface area contributed by atoms with E-state index in [2.05, 4.69) is 10.0 Å². The number of piperazine rings is 1. The van der Waals surface area contributed by atoms with E-state index in [-0.39, 0.29) is 30.4 Å². The quantitative estimate of drug-likeness (QED) is 0.651. The van der Waals surface area contributed by atoms with Gasteiger partial charge in [0.15, 0.2) is 0 Å². The highest BCUT2D eigenvalue weighted by molar-refractivity contribution is 7.89. The summed E-state index contributed by atoms with van der Waals surface area (Å²) >= 11 is 0. The van der Waals surface area contributed by atoms with Crippen LogP contribution in [-0.4, -0.2) is 72.0 Å². The molecule has 6 nitrogen and oxygen atoms in total. The van der Waals surface area contributed by atoms with Crippen LogP contribution in [0.15, 0.2) is 29.2 Å². The van der Waals surface area contributed by atoms with Gasteiger partial charge in [-0.25, -0.2) is 13.1 Å². The maximum Gasteiger partial charge on any atom is 0.405 e. The number of rotatable bonds is 8. The number of hydrogen-bond donors (Lipinski definition) is 2. The number of nitrogens with zero attached hydrogens (tertiary/aromatic N) is 1. The summed E-state index contributed by atoms with van der Waals surface area (Å²) in [7, 11) is -2.45. The van der Waals surface area contributed by atoms with Crippen molar-refractivity contribution >= 4 is 22.4 Å². The van der Waals surface area contributed by atoms with Crippen molar-refractivity contribution in [1.82, 2.24) is 14.9 Å². The lowest BCUT2D eigenvalue weighted by Gasteiger charge is -2.35. The fraction of sp³-hybridized carbons (Fsp3) is 0.625. The third kappa shape index (κ3) is 7.20. The monoisotopic (exact) mass is 431 g/mol. The van der Waals surface area contributed by atoms with Crippen LogP contribution in [-0.2, 0) is 21.2 Å². The van der Waals surface area contributed by atoms with Crippen LogP contribution in [0.25, 0.3) is 0 Å². The average Bonchev–Trinajstić information content (AvgIpc) is 2.60. The summed E-state index contributed by atoms with van der Waals surface area (Å²) < 4.78 is 71.8. The van der Waals surface area contributed by atoms with Crippen LogP contribution in [0, 0.1) is 0 Å². The molecule has 0 saturated carbocycles. The molecule has 2 N–H and O–H groups in total. The molecule has 1 atom stereocenters. The van der Waals surface area contributed by atoms with Crippen molar-refractivity contribution in [3.05, 3.63) is 29.8 Å². The van der Waals surface area contributed by atoms with Gasteiger partial charge in [0, 0.05) is 39.8 Å². The van der Waals surface area contributed by atoms with E-state index in [4.69, 9.17) is 4.74 Å².